The smallest absolute Gasteiger partial charge is 0.328 e. The first-order chi connectivity index (χ1) is 6.63. The predicted octanol–water partition coefficient (Wildman–Crippen LogP) is -0.682. The van der Waals surface area contributed by atoms with Crippen LogP contribution in [0.5, 0.6) is 0 Å². The van der Waals surface area contributed by atoms with Gasteiger partial charge in [0.25, 0.3) is 0 Å². The molecule has 0 aromatic rings. The number of hydrogen-bond acceptors (Lipinski definition) is 4. The summed E-state index contributed by atoms with van der Waals surface area (Å²) in [5.74, 6) is -2.51. The molecule has 0 aromatic carbocycles. The highest BCUT2D eigenvalue weighted by molar-refractivity contribution is 5.89. The number of carboxylic acid groups (broad SMARTS) is 2. The number of morpholine rings is 1. The molecule has 0 atom stereocenters. The summed E-state index contributed by atoms with van der Waals surface area (Å²) in [6.45, 7) is 3.83. The molecule has 1 saturated heterocycles. The van der Waals surface area contributed by atoms with Gasteiger partial charge < -0.3 is 20.3 Å². The molecule has 0 amide bonds. The zero-order valence-electron chi connectivity index (χ0n) is 7.60. The van der Waals surface area contributed by atoms with Crippen molar-refractivity contribution < 1.29 is 24.5 Å². The summed E-state index contributed by atoms with van der Waals surface area (Å²) in [4.78, 5) is 19.1. The maximum Gasteiger partial charge on any atom is 0.328 e. The van der Waals surface area contributed by atoms with Crippen molar-refractivity contribution in [2.75, 3.05) is 26.3 Å². The predicted molar refractivity (Wildman–Crippen MR) is 48.1 cm³/mol. The molecule has 0 aliphatic carbocycles. The van der Waals surface area contributed by atoms with Gasteiger partial charge in [0, 0.05) is 25.2 Å². The van der Waals surface area contributed by atoms with E-state index in [1.807, 2.05) is 0 Å². The summed E-state index contributed by atoms with van der Waals surface area (Å²) in [7, 11) is 0. The van der Waals surface area contributed by atoms with Gasteiger partial charge in [-0.15, -0.1) is 0 Å². The number of carboxylic acids is 2. The van der Waals surface area contributed by atoms with Gasteiger partial charge in [-0.3, -0.25) is 0 Å². The molecule has 14 heavy (non-hydrogen) atoms. The normalized spacial score (nSPS) is 15.7. The van der Waals surface area contributed by atoms with E-state index in [2.05, 4.69) is 5.32 Å². The van der Waals surface area contributed by atoms with Crippen LogP contribution in [0.4, 0.5) is 0 Å². The molecule has 80 valence electrons. The Balaban J connectivity index is 0.000000249. The van der Waals surface area contributed by atoms with Gasteiger partial charge in [0.05, 0.1) is 13.2 Å². The number of hydrogen-bond donors (Lipinski definition) is 3. The molecule has 6 heteroatoms. The third kappa shape index (κ3) is 10.6. The van der Waals surface area contributed by atoms with Crippen LogP contribution in [-0.4, -0.2) is 48.5 Å². The Bertz CT molecular complexity index is 182. The maximum absolute atomic E-state index is 9.55. The Morgan fingerprint density at radius 2 is 1.50 bits per heavy atom. The minimum Gasteiger partial charge on any atom is -0.478 e. The molecule has 1 fully saturated rings. The molecule has 1 aliphatic rings. The topological polar surface area (TPSA) is 95.9 Å². The Kier molecular flexibility index (Phi) is 7.39. The van der Waals surface area contributed by atoms with E-state index in [-0.39, 0.29) is 0 Å². The lowest BCUT2D eigenvalue weighted by molar-refractivity contribution is -0.134. The number of ether oxygens (including phenoxy) is 1. The van der Waals surface area contributed by atoms with E-state index in [1.54, 1.807) is 0 Å². The highest BCUT2D eigenvalue weighted by atomic mass is 16.5. The van der Waals surface area contributed by atoms with Crippen LogP contribution in [0.25, 0.3) is 0 Å². The maximum atomic E-state index is 9.55. The van der Waals surface area contributed by atoms with Gasteiger partial charge in [0.15, 0.2) is 0 Å². The first-order valence-electron chi connectivity index (χ1n) is 4.05. The van der Waals surface area contributed by atoms with Gasteiger partial charge in [-0.1, -0.05) is 0 Å². The van der Waals surface area contributed by atoms with Crippen molar-refractivity contribution in [2.45, 2.75) is 0 Å². The van der Waals surface area contributed by atoms with Crippen LogP contribution in [0.1, 0.15) is 0 Å². The molecule has 0 unspecified atom stereocenters. The average molecular weight is 203 g/mol. The zero-order chi connectivity index (χ0) is 10.8. The summed E-state index contributed by atoms with van der Waals surface area (Å²) in [6.07, 6.45) is 1.12. The Morgan fingerprint density at radius 1 is 1.07 bits per heavy atom. The third-order valence-electron chi connectivity index (χ3n) is 1.21. The molecule has 0 radical (unpaired) electrons. The Labute approximate surface area is 81.2 Å². The lowest BCUT2D eigenvalue weighted by atomic mass is 10.5. The van der Waals surface area contributed by atoms with Crippen LogP contribution in [0.15, 0.2) is 12.2 Å². The van der Waals surface area contributed by atoms with Gasteiger partial charge >= 0.3 is 11.9 Å². The summed E-state index contributed by atoms with van der Waals surface area (Å²) in [5, 5.41) is 18.8. The van der Waals surface area contributed by atoms with Gasteiger partial charge in [-0.2, -0.15) is 0 Å². The van der Waals surface area contributed by atoms with Gasteiger partial charge in [0.1, 0.15) is 0 Å². The van der Waals surface area contributed by atoms with Crippen LogP contribution >= 0.6 is 0 Å². The summed E-state index contributed by atoms with van der Waals surface area (Å²) in [5.41, 5.74) is 0. The van der Waals surface area contributed by atoms with E-state index in [0.29, 0.717) is 12.2 Å². The molecule has 3 N–H and O–H groups in total. The van der Waals surface area contributed by atoms with Crippen molar-refractivity contribution in [3.8, 4) is 0 Å². The Morgan fingerprint density at radius 3 is 1.64 bits per heavy atom. The van der Waals surface area contributed by atoms with E-state index in [0.717, 1.165) is 26.3 Å². The van der Waals surface area contributed by atoms with E-state index in [9.17, 15) is 9.59 Å². The summed E-state index contributed by atoms with van der Waals surface area (Å²) < 4.78 is 5.01. The van der Waals surface area contributed by atoms with Crippen LogP contribution in [0.2, 0.25) is 0 Å². The molecular weight excluding hydrogens is 190 g/mol. The van der Waals surface area contributed by atoms with Crippen LogP contribution in [-0.2, 0) is 14.3 Å². The minimum atomic E-state index is -1.26. The second kappa shape index (κ2) is 8.21. The van der Waals surface area contributed by atoms with Crippen molar-refractivity contribution in [3.05, 3.63) is 12.2 Å². The monoisotopic (exact) mass is 203 g/mol. The van der Waals surface area contributed by atoms with Crippen molar-refractivity contribution >= 4 is 11.9 Å². The molecule has 6 nitrogen and oxygen atoms in total. The van der Waals surface area contributed by atoms with E-state index in [1.165, 1.54) is 0 Å². The lowest BCUT2D eigenvalue weighted by Gasteiger charge is -2.10. The first-order valence-corrected chi connectivity index (χ1v) is 4.05. The fourth-order valence-corrected chi connectivity index (χ4v) is 0.658. The minimum absolute atomic E-state index is 0.558. The lowest BCUT2D eigenvalue weighted by Crippen LogP contribution is -2.30. The van der Waals surface area contributed by atoms with Crippen LogP contribution in [0, 0.1) is 0 Å². The molecule has 1 aliphatic heterocycles. The highest BCUT2D eigenvalue weighted by Gasteiger charge is 1.93. The molecule has 1 rings (SSSR count). The SMILES string of the molecule is C1COCCN1.O=C(O)C=CC(=O)O. The number of aliphatic carboxylic acids is 2. The van der Waals surface area contributed by atoms with Crippen molar-refractivity contribution in [1.82, 2.24) is 5.32 Å². The Hall–Kier alpha value is -1.40. The van der Waals surface area contributed by atoms with E-state index < -0.39 is 11.9 Å². The third-order valence-corrected chi connectivity index (χ3v) is 1.21. The zero-order valence-corrected chi connectivity index (χ0v) is 7.60. The number of nitrogens with one attached hydrogen (secondary N) is 1. The number of rotatable bonds is 2. The molecular formula is C8H13NO5. The second-order valence-corrected chi connectivity index (χ2v) is 2.37. The molecule has 0 aromatic heterocycles. The molecule has 0 saturated carbocycles. The standard InChI is InChI=1S/C4H9NO.C4H4O4/c1-3-6-4-2-5-1;5-3(6)1-2-4(7)8/h5H,1-4H2;1-2H,(H,5,6)(H,7,8). The van der Waals surface area contributed by atoms with Crippen molar-refractivity contribution in [2.24, 2.45) is 0 Å². The van der Waals surface area contributed by atoms with Crippen molar-refractivity contribution in [1.29, 1.82) is 0 Å². The van der Waals surface area contributed by atoms with E-state index in [4.69, 9.17) is 14.9 Å². The van der Waals surface area contributed by atoms with Crippen molar-refractivity contribution in [3.63, 3.8) is 0 Å². The summed E-state index contributed by atoms with van der Waals surface area (Å²) >= 11 is 0. The fourth-order valence-electron chi connectivity index (χ4n) is 0.658. The molecule has 0 bridgehead atoms. The second-order valence-electron chi connectivity index (χ2n) is 2.37. The van der Waals surface area contributed by atoms with Crippen LogP contribution in [0.3, 0.4) is 0 Å². The van der Waals surface area contributed by atoms with Gasteiger partial charge in [0.2, 0.25) is 0 Å². The molecule has 1 heterocycles. The molecule has 0 spiro atoms. The summed E-state index contributed by atoms with van der Waals surface area (Å²) in [6, 6.07) is 0. The quantitative estimate of drug-likeness (QED) is 0.514. The van der Waals surface area contributed by atoms with Crippen LogP contribution < -0.4 is 5.32 Å². The first kappa shape index (κ1) is 12.6. The highest BCUT2D eigenvalue weighted by Crippen LogP contribution is 1.76. The number of carbonyl (C=O) groups is 2. The van der Waals surface area contributed by atoms with Gasteiger partial charge in [-0.25, -0.2) is 9.59 Å². The van der Waals surface area contributed by atoms with E-state index >= 15 is 0 Å². The average Bonchev–Trinajstić information content (AvgIpc) is 2.18. The fraction of sp³-hybridized carbons (Fsp3) is 0.500. The largest absolute Gasteiger partial charge is 0.478 e. The van der Waals surface area contributed by atoms with Gasteiger partial charge in [-0.05, 0) is 0 Å².